The lowest BCUT2D eigenvalue weighted by Gasteiger charge is -2.24. The molecule has 8 nitrogen and oxygen atoms in total. The summed E-state index contributed by atoms with van der Waals surface area (Å²) in [6.45, 7) is 5.98. The van der Waals surface area contributed by atoms with Crippen LogP contribution in [0.2, 0.25) is 0 Å². The lowest BCUT2D eigenvalue weighted by molar-refractivity contribution is 0.244. The van der Waals surface area contributed by atoms with Gasteiger partial charge in [-0.15, -0.1) is 10.2 Å². The van der Waals surface area contributed by atoms with Gasteiger partial charge in [0.05, 0.1) is 17.9 Å². The second-order valence-electron chi connectivity index (χ2n) is 6.86. The summed E-state index contributed by atoms with van der Waals surface area (Å²) < 4.78 is 1.85. The molecule has 4 heterocycles. The van der Waals surface area contributed by atoms with E-state index in [-0.39, 0.29) is 0 Å². The monoisotopic (exact) mass is 384 g/mol. The molecular weight excluding hydrogens is 360 g/mol. The first-order valence-corrected chi connectivity index (χ1v) is 10.1. The number of aryl methyl sites for hydroxylation is 3. The average Bonchev–Trinajstić information content (AvgIpc) is 3.36. The van der Waals surface area contributed by atoms with Gasteiger partial charge in [-0.2, -0.15) is 5.10 Å². The Labute approximate surface area is 162 Å². The van der Waals surface area contributed by atoms with Crippen LogP contribution in [-0.2, 0) is 20.0 Å². The maximum absolute atomic E-state index is 4.73. The fourth-order valence-electron chi connectivity index (χ4n) is 3.52. The Kier molecular flexibility index (Phi) is 5.13. The van der Waals surface area contributed by atoms with Crippen molar-refractivity contribution in [3.63, 3.8) is 0 Å². The van der Waals surface area contributed by atoms with Gasteiger partial charge >= 0.3 is 0 Å². The lowest BCUT2D eigenvalue weighted by atomic mass is 10.1. The highest BCUT2D eigenvalue weighted by atomic mass is 32.1. The van der Waals surface area contributed by atoms with E-state index in [1.165, 1.54) is 12.0 Å². The Morgan fingerprint density at radius 1 is 1.30 bits per heavy atom. The molecule has 1 N–H and O–H groups in total. The Morgan fingerprint density at radius 3 is 2.93 bits per heavy atom. The molecule has 0 aromatic carbocycles. The van der Waals surface area contributed by atoms with E-state index in [0.29, 0.717) is 6.04 Å². The van der Waals surface area contributed by atoms with Crippen LogP contribution in [0, 0.1) is 6.92 Å². The van der Waals surface area contributed by atoms with E-state index in [4.69, 9.17) is 4.98 Å². The fraction of sp³-hybridized carbons (Fsp3) is 0.500. The molecule has 3 aromatic heterocycles. The molecule has 0 aliphatic carbocycles. The van der Waals surface area contributed by atoms with Crippen LogP contribution in [0.3, 0.4) is 0 Å². The van der Waals surface area contributed by atoms with E-state index < -0.39 is 0 Å². The van der Waals surface area contributed by atoms with Gasteiger partial charge in [-0.25, -0.2) is 9.97 Å². The first-order chi connectivity index (χ1) is 13.1. The number of hydrogen-bond acceptors (Lipinski definition) is 8. The number of rotatable bonds is 6. The third kappa shape index (κ3) is 4.14. The van der Waals surface area contributed by atoms with Gasteiger partial charge in [-0.3, -0.25) is 9.58 Å². The predicted molar refractivity (Wildman–Crippen MR) is 105 cm³/mol. The highest BCUT2D eigenvalue weighted by Crippen LogP contribution is 2.33. The normalized spacial score (nSPS) is 17.5. The highest BCUT2D eigenvalue weighted by molar-refractivity contribution is 7.15. The maximum Gasteiger partial charge on any atom is 0.211 e. The van der Waals surface area contributed by atoms with Crippen LogP contribution in [0.5, 0.6) is 0 Å². The van der Waals surface area contributed by atoms with Crippen LogP contribution in [0.15, 0.2) is 18.5 Å². The van der Waals surface area contributed by atoms with Gasteiger partial charge in [0.2, 0.25) is 5.13 Å². The van der Waals surface area contributed by atoms with Crippen LogP contribution in [0.4, 0.5) is 10.9 Å². The Bertz CT molecular complexity index is 918. The zero-order valence-electron chi connectivity index (χ0n) is 15.9. The minimum Gasteiger partial charge on any atom is -0.315 e. The van der Waals surface area contributed by atoms with Gasteiger partial charge in [0.1, 0.15) is 16.6 Å². The topological polar surface area (TPSA) is 84.7 Å². The molecule has 0 amide bonds. The second kappa shape index (κ2) is 7.69. The van der Waals surface area contributed by atoms with Crippen molar-refractivity contribution in [3.05, 3.63) is 40.5 Å². The number of hydrogen-bond donors (Lipinski definition) is 1. The number of aromatic nitrogens is 6. The summed E-state index contributed by atoms with van der Waals surface area (Å²) >= 11 is 1.56. The van der Waals surface area contributed by atoms with Gasteiger partial charge in [-0.05, 0) is 32.7 Å². The Morgan fingerprint density at radius 2 is 2.19 bits per heavy atom. The summed E-state index contributed by atoms with van der Waals surface area (Å²) in [5.41, 5.74) is 2.29. The summed E-state index contributed by atoms with van der Waals surface area (Å²) in [5, 5.41) is 17.7. The van der Waals surface area contributed by atoms with Crippen molar-refractivity contribution in [1.29, 1.82) is 0 Å². The van der Waals surface area contributed by atoms with Crippen molar-refractivity contribution >= 4 is 22.3 Å². The Hall–Kier alpha value is -2.39. The SMILES string of the molecule is CCc1nnc(Nc2cc([C@@H]3CCCN3Cc3cnn(C)c3)nc(C)n2)s1. The zero-order valence-corrected chi connectivity index (χ0v) is 16.7. The summed E-state index contributed by atoms with van der Waals surface area (Å²) in [4.78, 5) is 11.7. The third-order valence-corrected chi connectivity index (χ3v) is 5.69. The summed E-state index contributed by atoms with van der Waals surface area (Å²) in [6.07, 6.45) is 7.18. The molecule has 4 rings (SSSR count). The van der Waals surface area contributed by atoms with Crippen molar-refractivity contribution in [1.82, 2.24) is 34.8 Å². The van der Waals surface area contributed by atoms with Crippen LogP contribution < -0.4 is 5.32 Å². The second-order valence-corrected chi connectivity index (χ2v) is 7.92. The van der Waals surface area contributed by atoms with E-state index in [2.05, 4.69) is 43.6 Å². The average molecular weight is 385 g/mol. The first-order valence-electron chi connectivity index (χ1n) is 9.27. The predicted octanol–water partition coefficient (Wildman–Crippen LogP) is 3.01. The van der Waals surface area contributed by atoms with Crippen LogP contribution in [0.1, 0.15) is 47.9 Å². The van der Waals surface area contributed by atoms with Crippen molar-refractivity contribution in [2.75, 3.05) is 11.9 Å². The van der Waals surface area contributed by atoms with Crippen molar-refractivity contribution in [2.24, 2.45) is 7.05 Å². The van der Waals surface area contributed by atoms with Gasteiger partial charge in [-0.1, -0.05) is 18.3 Å². The molecule has 27 heavy (non-hydrogen) atoms. The molecule has 0 bridgehead atoms. The van der Waals surface area contributed by atoms with Crippen molar-refractivity contribution in [3.8, 4) is 0 Å². The largest absolute Gasteiger partial charge is 0.315 e. The van der Waals surface area contributed by atoms with E-state index in [9.17, 15) is 0 Å². The third-order valence-electron chi connectivity index (χ3n) is 4.71. The highest BCUT2D eigenvalue weighted by Gasteiger charge is 2.28. The fourth-order valence-corrected chi connectivity index (χ4v) is 4.21. The van der Waals surface area contributed by atoms with Gasteiger partial charge < -0.3 is 5.32 Å². The van der Waals surface area contributed by atoms with Gasteiger partial charge in [0.15, 0.2) is 0 Å². The summed E-state index contributed by atoms with van der Waals surface area (Å²) in [5.74, 6) is 1.55. The molecule has 1 aliphatic heterocycles. The molecule has 0 unspecified atom stereocenters. The molecule has 9 heteroatoms. The van der Waals surface area contributed by atoms with E-state index >= 15 is 0 Å². The lowest BCUT2D eigenvalue weighted by Crippen LogP contribution is -2.23. The maximum atomic E-state index is 4.73. The van der Waals surface area contributed by atoms with Crippen molar-refractivity contribution in [2.45, 2.75) is 45.7 Å². The number of likely N-dealkylation sites (tertiary alicyclic amines) is 1. The smallest absolute Gasteiger partial charge is 0.211 e. The quantitative estimate of drug-likeness (QED) is 0.699. The molecule has 0 radical (unpaired) electrons. The Balaban J connectivity index is 1.54. The molecule has 3 aromatic rings. The molecule has 0 saturated carbocycles. The number of anilines is 2. The number of nitrogens with one attached hydrogen (secondary N) is 1. The first kappa shape index (κ1) is 18.0. The molecule has 142 valence electrons. The van der Waals surface area contributed by atoms with Crippen LogP contribution in [0.25, 0.3) is 0 Å². The summed E-state index contributed by atoms with van der Waals surface area (Å²) in [7, 11) is 1.95. The zero-order chi connectivity index (χ0) is 18.8. The van der Waals surface area contributed by atoms with E-state index in [1.54, 1.807) is 11.3 Å². The number of nitrogens with zero attached hydrogens (tertiary/aromatic N) is 7. The van der Waals surface area contributed by atoms with Gasteiger partial charge in [0, 0.05) is 31.4 Å². The molecule has 1 aliphatic rings. The molecule has 1 atom stereocenters. The van der Waals surface area contributed by atoms with E-state index in [1.807, 2.05) is 30.9 Å². The minimum absolute atomic E-state index is 0.299. The van der Waals surface area contributed by atoms with Crippen molar-refractivity contribution < 1.29 is 0 Å². The van der Waals surface area contributed by atoms with Crippen LogP contribution >= 0.6 is 11.3 Å². The van der Waals surface area contributed by atoms with Gasteiger partial charge in [0.25, 0.3) is 0 Å². The summed E-state index contributed by atoms with van der Waals surface area (Å²) in [6, 6.07) is 2.35. The molecule has 0 spiro atoms. The molecular formula is C18H24N8S. The van der Waals surface area contributed by atoms with Crippen LogP contribution in [-0.4, -0.2) is 41.4 Å². The minimum atomic E-state index is 0.299. The molecule has 1 fully saturated rings. The van der Waals surface area contributed by atoms with E-state index in [0.717, 1.165) is 53.4 Å². The molecule has 1 saturated heterocycles. The standard InChI is InChI=1S/C18H24N8S/c1-4-17-23-24-18(27-17)22-16-8-14(20-12(2)21-16)15-6-5-7-26(15)11-13-9-19-25(3)10-13/h8-10,15H,4-7,11H2,1-3H3,(H,20,21,22,24)/t15-/m0/s1.